The summed E-state index contributed by atoms with van der Waals surface area (Å²) in [5, 5.41) is 3.52. The molecule has 1 aliphatic rings. The van der Waals surface area contributed by atoms with Crippen molar-refractivity contribution in [1.82, 2.24) is 5.32 Å². The molecule has 0 saturated carbocycles. The number of hydrogen-bond donors (Lipinski definition) is 1. The first-order chi connectivity index (χ1) is 8.70. The lowest BCUT2D eigenvalue weighted by Gasteiger charge is -2.15. The number of hydrogen-bond acceptors (Lipinski definition) is 4. The summed E-state index contributed by atoms with van der Waals surface area (Å²) in [6.07, 6.45) is 0. The third kappa shape index (κ3) is 3.26. The zero-order chi connectivity index (χ0) is 13.0. The van der Waals surface area contributed by atoms with Crippen molar-refractivity contribution < 1.29 is 18.3 Å². The van der Waals surface area contributed by atoms with Crippen molar-refractivity contribution in [2.45, 2.75) is 18.9 Å². The fourth-order valence-corrected chi connectivity index (χ4v) is 2.84. The second-order valence-electron chi connectivity index (χ2n) is 3.72. The Hall–Kier alpha value is -1.01. The van der Waals surface area contributed by atoms with Gasteiger partial charge in [0.25, 0.3) is 0 Å². The predicted molar refractivity (Wildman–Crippen MR) is 67.4 cm³/mol. The number of ether oxygens (including phenoxy) is 2. The van der Waals surface area contributed by atoms with E-state index < -0.39 is 6.61 Å². The van der Waals surface area contributed by atoms with Crippen LogP contribution < -0.4 is 14.8 Å². The van der Waals surface area contributed by atoms with Crippen LogP contribution in [0.25, 0.3) is 0 Å². The average Bonchev–Trinajstić information content (AvgIpc) is 2.84. The van der Waals surface area contributed by atoms with E-state index in [4.69, 9.17) is 4.74 Å². The summed E-state index contributed by atoms with van der Waals surface area (Å²) >= 11 is 1.79. The Balaban J connectivity index is 2.21. The Labute approximate surface area is 109 Å². The van der Waals surface area contributed by atoms with Gasteiger partial charge in [-0.2, -0.15) is 8.78 Å². The van der Waals surface area contributed by atoms with E-state index in [1.807, 2.05) is 0 Å². The van der Waals surface area contributed by atoms with Crippen LogP contribution in [0.15, 0.2) is 18.2 Å². The van der Waals surface area contributed by atoms with Gasteiger partial charge in [0.1, 0.15) is 0 Å². The van der Waals surface area contributed by atoms with Gasteiger partial charge >= 0.3 is 6.61 Å². The zero-order valence-electron chi connectivity index (χ0n) is 9.99. The smallest absolute Gasteiger partial charge is 0.387 e. The van der Waals surface area contributed by atoms with E-state index in [0.29, 0.717) is 12.4 Å². The summed E-state index contributed by atoms with van der Waals surface area (Å²) in [7, 11) is 0. The van der Waals surface area contributed by atoms with Gasteiger partial charge < -0.3 is 14.8 Å². The van der Waals surface area contributed by atoms with Crippen molar-refractivity contribution in [1.29, 1.82) is 0 Å². The van der Waals surface area contributed by atoms with Gasteiger partial charge in [-0.05, 0) is 24.6 Å². The van der Waals surface area contributed by atoms with Crippen molar-refractivity contribution in [3.63, 3.8) is 0 Å². The Morgan fingerprint density at radius 3 is 2.89 bits per heavy atom. The van der Waals surface area contributed by atoms with Crippen LogP contribution in [-0.2, 0) is 0 Å². The van der Waals surface area contributed by atoms with Gasteiger partial charge in [0.05, 0.1) is 12.0 Å². The molecule has 6 heteroatoms. The highest BCUT2D eigenvalue weighted by Gasteiger charge is 2.19. The molecular weight excluding hydrogens is 260 g/mol. The molecule has 1 aromatic carbocycles. The molecule has 1 aromatic rings. The highest BCUT2D eigenvalue weighted by atomic mass is 32.2. The molecule has 3 nitrogen and oxygen atoms in total. The van der Waals surface area contributed by atoms with Crippen LogP contribution in [0.2, 0.25) is 0 Å². The molecule has 18 heavy (non-hydrogen) atoms. The molecule has 0 spiro atoms. The molecule has 2 rings (SSSR count). The molecule has 0 bridgehead atoms. The minimum atomic E-state index is -2.84. The highest BCUT2D eigenvalue weighted by molar-refractivity contribution is 7.99. The van der Waals surface area contributed by atoms with Crippen molar-refractivity contribution in [3.8, 4) is 11.5 Å². The minimum absolute atomic E-state index is 0.0820. The fraction of sp³-hybridized carbons (Fsp3) is 0.500. The molecule has 1 unspecified atom stereocenters. The second kappa shape index (κ2) is 6.24. The second-order valence-corrected chi connectivity index (χ2v) is 4.94. The van der Waals surface area contributed by atoms with E-state index in [1.165, 1.54) is 6.07 Å². The van der Waals surface area contributed by atoms with Gasteiger partial charge in [0.15, 0.2) is 11.5 Å². The molecule has 100 valence electrons. The first-order valence-electron chi connectivity index (χ1n) is 5.77. The normalized spacial score (nSPS) is 19.2. The maximum atomic E-state index is 12.2. The van der Waals surface area contributed by atoms with E-state index in [-0.39, 0.29) is 11.1 Å². The Bertz CT molecular complexity index is 398. The predicted octanol–water partition coefficient (Wildman–Crippen LogP) is 3.02. The lowest BCUT2D eigenvalue weighted by Crippen LogP contribution is -2.12. The fourth-order valence-electron chi connectivity index (χ4n) is 1.79. The lowest BCUT2D eigenvalue weighted by atomic mass is 10.2. The van der Waals surface area contributed by atoms with Gasteiger partial charge in [-0.1, -0.05) is 6.07 Å². The molecule has 1 saturated heterocycles. The summed E-state index contributed by atoms with van der Waals surface area (Å²) in [5.41, 5.74) is 1.02. The van der Waals surface area contributed by atoms with E-state index in [2.05, 4.69) is 10.1 Å². The molecule has 1 N–H and O–H groups in total. The highest BCUT2D eigenvalue weighted by Crippen LogP contribution is 2.36. The first kappa shape index (κ1) is 13.4. The molecule has 0 radical (unpaired) electrons. The molecule has 1 fully saturated rings. The number of alkyl halides is 2. The van der Waals surface area contributed by atoms with E-state index >= 15 is 0 Å². The molecule has 0 aliphatic carbocycles. The van der Waals surface area contributed by atoms with Crippen LogP contribution in [0.3, 0.4) is 0 Å². The van der Waals surface area contributed by atoms with E-state index in [1.54, 1.807) is 30.8 Å². The Morgan fingerprint density at radius 2 is 2.28 bits per heavy atom. The standard InChI is InChI=1S/C12H15F2NO2S/c1-2-16-10-7-8(11-15-5-6-18-11)3-4-9(10)17-12(13)14/h3-4,7,11-12,15H,2,5-6H2,1H3. The summed E-state index contributed by atoms with van der Waals surface area (Å²) in [4.78, 5) is 0. The molecular formula is C12H15F2NO2S. The van der Waals surface area contributed by atoms with Gasteiger partial charge in [-0.25, -0.2) is 0 Å². The van der Waals surface area contributed by atoms with Crippen LogP contribution in [-0.4, -0.2) is 25.5 Å². The number of thioether (sulfide) groups is 1. The lowest BCUT2D eigenvalue weighted by molar-refractivity contribution is -0.0514. The van der Waals surface area contributed by atoms with Crippen molar-refractivity contribution >= 4 is 11.8 Å². The van der Waals surface area contributed by atoms with Gasteiger partial charge in [-0.15, -0.1) is 11.8 Å². The molecule has 1 heterocycles. The zero-order valence-corrected chi connectivity index (χ0v) is 10.8. The number of halogens is 2. The first-order valence-corrected chi connectivity index (χ1v) is 6.82. The largest absolute Gasteiger partial charge is 0.490 e. The number of benzene rings is 1. The van der Waals surface area contributed by atoms with Gasteiger partial charge in [0, 0.05) is 12.3 Å². The van der Waals surface area contributed by atoms with Crippen LogP contribution in [0, 0.1) is 0 Å². The van der Waals surface area contributed by atoms with Crippen molar-refractivity contribution in [2.75, 3.05) is 18.9 Å². The molecule has 1 aliphatic heterocycles. The van der Waals surface area contributed by atoms with Crippen molar-refractivity contribution in [3.05, 3.63) is 23.8 Å². The van der Waals surface area contributed by atoms with Crippen LogP contribution >= 0.6 is 11.8 Å². The summed E-state index contributed by atoms with van der Waals surface area (Å²) in [6.45, 7) is 0.332. The van der Waals surface area contributed by atoms with E-state index in [9.17, 15) is 8.78 Å². The summed E-state index contributed by atoms with van der Waals surface area (Å²) in [6, 6.07) is 5.08. The summed E-state index contributed by atoms with van der Waals surface area (Å²) in [5.74, 6) is 1.49. The van der Waals surface area contributed by atoms with Crippen LogP contribution in [0.4, 0.5) is 8.78 Å². The third-order valence-corrected chi connectivity index (χ3v) is 3.71. The Morgan fingerprint density at radius 1 is 1.44 bits per heavy atom. The van der Waals surface area contributed by atoms with Crippen LogP contribution in [0.1, 0.15) is 17.9 Å². The van der Waals surface area contributed by atoms with Gasteiger partial charge in [0.2, 0.25) is 0 Å². The summed E-state index contributed by atoms with van der Waals surface area (Å²) < 4.78 is 34.3. The molecule has 0 aromatic heterocycles. The maximum Gasteiger partial charge on any atom is 0.387 e. The Kier molecular flexibility index (Phi) is 4.66. The molecule has 0 amide bonds. The topological polar surface area (TPSA) is 30.5 Å². The number of rotatable bonds is 5. The number of nitrogens with one attached hydrogen (secondary N) is 1. The van der Waals surface area contributed by atoms with E-state index in [0.717, 1.165) is 17.9 Å². The van der Waals surface area contributed by atoms with Crippen molar-refractivity contribution in [2.24, 2.45) is 0 Å². The molecule has 1 atom stereocenters. The minimum Gasteiger partial charge on any atom is -0.490 e. The maximum absolute atomic E-state index is 12.2. The van der Waals surface area contributed by atoms with Gasteiger partial charge in [-0.3, -0.25) is 0 Å². The third-order valence-electron chi connectivity index (χ3n) is 2.50. The monoisotopic (exact) mass is 275 g/mol. The average molecular weight is 275 g/mol. The SMILES string of the molecule is CCOc1cc(C2NCCS2)ccc1OC(F)F. The quantitative estimate of drug-likeness (QED) is 0.894. The van der Waals surface area contributed by atoms with Crippen LogP contribution in [0.5, 0.6) is 11.5 Å².